The third kappa shape index (κ3) is 3.45. The van der Waals surface area contributed by atoms with E-state index in [0.29, 0.717) is 12.0 Å². The first-order valence-electron chi connectivity index (χ1n) is 9.59. The Labute approximate surface area is 154 Å². The smallest absolute Gasteiger partial charge is 0.244 e. The number of carbonyl (C=O) groups is 1. The lowest BCUT2D eigenvalue weighted by atomic mass is 9.63. The van der Waals surface area contributed by atoms with Gasteiger partial charge < -0.3 is 9.64 Å². The van der Waals surface area contributed by atoms with Crippen molar-refractivity contribution >= 4 is 5.91 Å². The van der Waals surface area contributed by atoms with Crippen LogP contribution in [0.25, 0.3) is 11.3 Å². The summed E-state index contributed by atoms with van der Waals surface area (Å²) in [5.41, 5.74) is 2.26. The van der Waals surface area contributed by atoms with E-state index in [-0.39, 0.29) is 12.5 Å². The van der Waals surface area contributed by atoms with Crippen LogP contribution in [0.3, 0.4) is 0 Å². The summed E-state index contributed by atoms with van der Waals surface area (Å²) in [5.74, 6) is 0.951. The summed E-state index contributed by atoms with van der Waals surface area (Å²) in [5, 5.41) is 8.36. The molecule has 1 aliphatic heterocycles. The lowest BCUT2D eigenvalue weighted by Gasteiger charge is -2.48. The van der Waals surface area contributed by atoms with Crippen LogP contribution in [0.1, 0.15) is 39.0 Å². The number of hydrogen-bond acceptors (Lipinski definition) is 4. The number of hydrogen-bond donors (Lipinski definition) is 0. The zero-order chi connectivity index (χ0) is 18.0. The van der Waals surface area contributed by atoms with Gasteiger partial charge in [0.15, 0.2) is 0 Å². The predicted octanol–water partition coefficient (Wildman–Crippen LogP) is 3.14. The van der Waals surface area contributed by atoms with E-state index in [0.717, 1.165) is 42.9 Å². The highest BCUT2D eigenvalue weighted by Crippen LogP contribution is 2.48. The molecule has 138 valence electrons. The van der Waals surface area contributed by atoms with Crippen LogP contribution in [0.5, 0.6) is 5.75 Å². The summed E-state index contributed by atoms with van der Waals surface area (Å²) in [7, 11) is 0. The second-order valence-electron chi connectivity index (χ2n) is 7.50. The Morgan fingerprint density at radius 1 is 1.23 bits per heavy atom. The van der Waals surface area contributed by atoms with Crippen LogP contribution in [0.15, 0.2) is 30.5 Å². The Bertz CT molecular complexity index is 772. The van der Waals surface area contributed by atoms with Gasteiger partial charge in [-0.25, -0.2) is 4.68 Å². The van der Waals surface area contributed by atoms with Crippen molar-refractivity contribution in [3.63, 3.8) is 0 Å². The fraction of sp³-hybridized carbons (Fsp3) is 0.550. The van der Waals surface area contributed by atoms with Crippen molar-refractivity contribution in [3.8, 4) is 17.0 Å². The van der Waals surface area contributed by atoms with Gasteiger partial charge in [0.25, 0.3) is 0 Å². The van der Waals surface area contributed by atoms with Crippen LogP contribution in [-0.4, -0.2) is 45.5 Å². The number of benzene rings is 1. The summed E-state index contributed by atoms with van der Waals surface area (Å²) in [6, 6.07) is 7.78. The van der Waals surface area contributed by atoms with Crippen LogP contribution in [0, 0.1) is 5.41 Å². The molecule has 0 N–H and O–H groups in total. The molecule has 1 spiro atoms. The standard InChI is InChI=1S/C20H26N4O2/c1-2-26-17-6-3-5-16(13-17)18-14-24(22-21-18)15-19(25)23-11-9-20(10-12-23)7-4-8-20/h3,5-6,13-14H,2,4,7-12,15H2,1H3. The molecular formula is C20H26N4O2. The molecule has 6 nitrogen and oxygen atoms in total. The van der Waals surface area contributed by atoms with Crippen LogP contribution in [-0.2, 0) is 11.3 Å². The molecule has 1 aromatic heterocycles. The van der Waals surface area contributed by atoms with Crippen LogP contribution >= 0.6 is 0 Å². The molecule has 0 radical (unpaired) electrons. The van der Waals surface area contributed by atoms with Crippen LogP contribution in [0.4, 0.5) is 0 Å². The molecule has 26 heavy (non-hydrogen) atoms. The molecule has 1 aliphatic carbocycles. The average Bonchev–Trinajstić information content (AvgIpc) is 3.09. The van der Waals surface area contributed by atoms with E-state index in [1.807, 2.05) is 42.3 Å². The molecule has 2 heterocycles. The molecule has 1 aromatic carbocycles. The number of likely N-dealkylation sites (tertiary alicyclic amines) is 1. The van der Waals surface area contributed by atoms with Gasteiger partial charge in [-0.05, 0) is 50.2 Å². The highest BCUT2D eigenvalue weighted by Gasteiger charge is 2.40. The summed E-state index contributed by atoms with van der Waals surface area (Å²) in [4.78, 5) is 14.6. The second-order valence-corrected chi connectivity index (χ2v) is 7.50. The minimum absolute atomic E-state index is 0.138. The van der Waals surface area contributed by atoms with Gasteiger partial charge >= 0.3 is 0 Å². The average molecular weight is 354 g/mol. The molecule has 1 amide bonds. The minimum Gasteiger partial charge on any atom is -0.494 e. The first-order chi connectivity index (χ1) is 12.7. The Morgan fingerprint density at radius 2 is 2.04 bits per heavy atom. The van der Waals surface area contributed by atoms with Gasteiger partial charge in [0.1, 0.15) is 18.0 Å². The number of aromatic nitrogens is 3. The molecule has 0 unspecified atom stereocenters. The molecule has 6 heteroatoms. The summed E-state index contributed by atoms with van der Waals surface area (Å²) < 4.78 is 7.17. The second kappa shape index (κ2) is 7.09. The third-order valence-electron chi connectivity index (χ3n) is 5.87. The summed E-state index contributed by atoms with van der Waals surface area (Å²) in [6.45, 7) is 4.61. The highest BCUT2D eigenvalue weighted by atomic mass is 16.5. The van der Waals surface area contributed by atoms with Gasteiger partial charge in [-0.3, -0.25) is 4.79 Å². The monoisotopic (exact) mass is 354 g/mol. The zero-order valence-corrected chi connectivity index (χ0v) is 15.4. The molecule has 0 bridgehead atoms. The minimum atomic E-state index is 0.138. The number of ether oxygens (including phenoxy) is 1. The maximum atomic E-state index is 12.6. The van der Waals surface area contributed by atoms with Crippen LogP contribution in [0.2, 0.25) is 0 Å². The van der Waals surface area contributed by atoms with E-state index in [4.69, 9.17) is 4.74 Å². The molecule has 2 fully saturated rings. The van der Waals surface area contributed by atoms with Crippen molar-refractivity contribution in [1.29, 1.82) is 0 Å². The summed E-state index contributed by atoms with van der Waals surface area (Å²) in [6.07, 6.45) is 8.21. The first-order valence-corrected chi connectivity index (χ1v) is 9.59. The van der Waals surface area contributed by atoms with Crippen LogP contribution < -0.4 is 4.74 Å². The van der Waals surface area contributed by atoms with Crippen molar-refractivity contribution in [2.75, 3.05) is 19.7 Å². The van der Waals surface area contributed by atoms with E-state index < -0.39 is 0 Å². The predicted molar refractivity (Wildman–Crippen MR) is 98.7 cm³/mol. The van der Waals surface area contributed by atoms with Crippen molar-refractivity contribution in [3.05, 3.63) is 30.5 Å². The maximum Gasteiger partial charge on any atom is 0.244 e. The molecule has 2 aromatic rings. The molecule has 4 rings (SSSR count). The molecule has 2 aliphatic rings. The molecular weight excluding hydrogens is 328 g/mol. The Kier molecular flexibility index (Phi) is 4.66. The zero-order valence-electron chi connectivity index (χ0n) is 15.4. The molecule has 1 saturated heterocycles. The largest absolute Gasteiger partial charge is 0.494 e. The van der Waals surface area contributed by atoms with Crippen molar-refractivity contribution in [2.24, 2.45) is 5.41 Å². The fourth-order valence-corrected chi connectivity index (χ4v) is 4.07. The van der Waals surface area contributed by atoms with Crippen molar-refractivity contribution in [1.82, 2.24) is 19.9 Å². The highest BCUT2D eigenvalue weighted by molar-refractivity contribution is 5.76. The maximum absolute atomic E-state index is 12.6. The lowest BCUT2D eigenvalue weighted by molar-refractivity contribution is -0.135. The number of rotatable bonds is 5. The third-order valence-corrected chi connectivity index (χ3v) is 5.87. The lowest BCUT2D eigenvalue weighted by Crippen LogP contribution is -2.46. The Hall–Kier alpha value is -2.37. The first kappa shape index (κ1) is 17.1. The summed E-state index contributed by atoms with van der Waals surface area (Å²) >= 11 is 0. The van der Waals surface area contributed by atoms with E-state index >= 15 is 0 Å². The van der Waals surface area contributed by atoms with Gasteiger partial charge in [-0.15, -0.1) is 5.10 Å². The SMILES string of the molecule is CCOc1cccc(-c2cn(CC(=O)N3CCC4(CCC4)CC3)nn2)c1. The molecule has 1 saturated carbocycles. The van der Waals surface area contributed by atoms with Gasteiger partial charge in [-0.1, -0.05) is 23.8 Å². The number of carbonyl (C=O) groups excluding carboxylic acids is 1. The van der Waals surface area contributed by atoms with Crippen molar-refractivity contribution in [2.45, 2.75) is 45.6 Å². The quantitative estimate of drug-likeness (QED) is 0.828. The van der Waals surface area contributed by atoms with E-state index in [1.54, 1.807) is 4.68 Å². The molecule has 0 atom stereocenters. The van der Waals surface area contributed by atoms with Gasteiger partial charge in [-0.2, -0.15) is 0 Å². The Morgan fingerprint density at radius 3 is 2.73 bits per heavy atom. The number of nitrogens with zero attached hydrogens (tertiary/aromatic N) is 4. The van der Waals surface area contributed by atoms with Gasteiger partial charge in [0.2, 0.25) is 5.91 Å². The normalized spacial score (nSPS) is 18.6. The van der Waals surface area contributed by atoms with Crippen molar-refractivity contribution < 1.29 is 9.53 Å². The van der Waals surface area contributed by atoms with E-state index in [2.05, 4.69) is 10.3 Å². The number of piperidine rings is 1. The van der Waals surface area contributed by atoms with E-state index in [1.165, 1.54) is 19.3 Å². The number of amides is 1. The Balaban J connectivity index is 1.37. The van der Waals surface area contributed by atoms with Gasteiger partial charge in [0.05, 0.1) is 12.8 Å². The van der Waals surface area contributed by atoms with E-state index in [9.17, 15) is 4.79 Å². The van der Waals surface area contributed by atoms with Gasteiger partial charge in [0, 0.05) is 18.7 Å². The topological polar surface area (TPSA) is 60.2 Å². The fourth-order valence-electron chi connectivity index (χ4n) is 4.07.